The van der Waals surface area contributed by atoms with Crippen molar-refractivity contribution in [3.63, 3.8) is 0 Å². The van der Waals surface area contributed by atoms with Gasteiger partial charge in [0.15, 0.2) is 0 Å². The van der Waals surface area contributed by atoms with E-state index >= 15 is 0 Å². The van der Waals surface area contributed by atoms with Crippen LogP contribution in [0.15, 0.2) is 42.5 Å². The van der Waals surface area contributed by atoms with E-state index in [9.17, 15) is 4.39 Å². The van der Waals surface area contributed by atoms with Gasteiger partial charge >= 0.3 is 0 Å². The van der Waals surface area contributed by atoms with Gasteiger partial charge in [0.1, 0.15) is 10.8 Å². The molecule has 2 aromatic heterocycles. The quantitative estimate of drug-likeness (QED) is 0.692. The number of pyridine rings is 1. The summed E-state index contributed by atoms with van der Waals surface area (Å²) >= 11 is 1.76. The predicted octanol–water partition coefficient (Wildman–Crippen LogP) is 3.15. The lowest BCUT2D eigenvalue weighted by molar-refractivity contribution is 0.249. The standard InChI is InChI=1S/C17H17FN4S/c18-15-6-3-7-16(20-15)22-10-8-21(9-11-22)12-17-19-13-4-1-2-5-14(13)23-17/h1-7H,8-12H2. The minimum atomic E-state index is -0.417. The molecule has 1 saturated heterocycles. The largest absolute Gasteiger partial charge is 0.354 e. The zero-order chi connectivity index (χ0) is 15.6. The molecule has 3 heterocycles. The maximum absolute atomic E-state index is 13.2. The number of thiazole rings is 1. The van der Waals surface area contributed by atoms with Crippen molar-refractivity contribution in [3.05, 3.63) is 53.4 Å². The summed E-state index contributed by atoms with van der Waals surface area (Å²) in [5.74, 6) is 0.309. The molecule has 4 nitrogen and oxygen atoms in total. The van der Waals surface area contributed by atoms with E-state index in [1.807, 2.05) is 12.1 Å². The summed E-state index contributed by atoms with van der Waals surface area (Å²) in [6.45, 7) is 4.48. The number of hydrogen-bond donors (Lipinski definition) is 0. The van der Waals surface area contributed by atoms with Crippen LogP contribution in [0.5, 0.6) is 0 Å². The normalized spacial score (nSPS) is 16.1. The monoisotopic (exact) mass is 328 g/mol. The molecule has 4 rings (SSSR count). The van der Waals surface area contributed by atoms with Gasteiger partial charge in [-0.15, -0.1) is 11.3 Å². The second-order valence-electron chi connectivity index (χ2n) is 5.66. The minimum Gasteiger partial charge on any atom is -0.354 e. The van der Waals surface area contributed by atoms with Crippen LogP contribution in [0.4, 0.5) is 10.2 Å². The molecule has 0 aliphatic carbocycles. The van der Waals surface area contributed by atoms with Crippen LogP contribution in [0.2, 0.25) is 0 Å². The number of nitrogens with zero attached hydrogens (tertiary/aromatic N) is 4. The molecule has 1 aromatic carbocycles. The van der Waals surface area contributed by atoms with Gasteiger partial charge in [-0.1, -0.05) is 18.2 Å². The molecule has 0 spiro atoms. The van der Waals surface area contributed by atoms with E-state index in [0.717, 1.165) is 49.1 Å². The molecule has 23 heavy (non-hydrogen) atoms. The Morgan fingerprint density at radius 1 is 0.957 bits per heavy atom. The molecule has 0 saturated carbocycles. The van der Waals surface area contributed by atoms with Crippen molar-refractivity contribution >= 4 is 27.4 Å². The third-order valence-corrected chi connectivity index (χ3v) is 5.11. The van der Waals surface area contributed by atoms with Gasteiger partial charge in [-0.3, -0.25) is 4.90 Å². The van der Waals surface area contributed by atoms with Gasteiger partial charge in [0.25, 0.3) is 0 Å². The summed E-state index contributed by atoms with van der Waals surface area (Å²) in [5, 5.41) is 1.16. The smallest absolute Gasteiger partial charge is 0.214 e. The fourth-order valence-electron chi connectivity index (χ4n) is 2.89. The third kappa shape index (κ3) is 3.18. The molecule has 1 fully saturated rings. The fourth-order valence-corrected chi connectivity index (χ4v) is 3.90. The maximum atomic E-state index is 13.2. The number of anilines is 1. The van der Waals surface area contributed by atoms with Crippen molar-refractivity contribution in [1.29, 1.82) is 0 Å². The van der Waals surface area contributed by atoms with Gasteiger partial charge in [-0.2, -0.15) is 4.39 Å². The summed E-state index contributed by atoms with van der Waals surface area (Å²) < 4.78 is 14.5. The SMILES string of the molecule is Fc1cccc(N2CCN(Cc3nc4ccccc4s3)CC2)n1. The molecule has 0 N–H and O–H groups in total. The Morgan fingerprint density at radius 2 is 1.78 bits per heavy atom. The first-order valence-electron chi connectivity index (χ1n) is 7.72. The van der Waals surface area contributed by atoms with Gasteiger partial charge in [-0.25, -0.2) is 9.97 Å². The number of rotatable bonds is 3. The highest BCUT2D eigenvalue weighted by Crippen LogP contribution is 2.23. The average Bonchev–Trinajstić information content (AvgIpc) is 2.98. The van der Waals surface area contributed by atoms with Crippen molar-refractivity contribution in [3.8, 4) is 0 Å². The van der Waals surface area contributed by atoms with E-state index in [1.165, 1.54) is 10.8 Å². The van der Waals surface area contributed by atoms with E-state index in [0.29, 0.717) is 0 Å². The van der Waals surface area contributed by atoms with Gasteiger partial charge < -0.3 is 4.90 Å². The Labute approximate surface area is 138 Å². The van der Waals surface area contributed by atoms with Crippen LogP contribution in [0.25, 0.3) is 10.2 Å². The van der Waals surface area contributed by atoms with Gasteiger partial charge in [0, 0.05) is 26.2 Å². The molecule has 0 atom stereocenters. The summed E-state index contributed by atoms with van der Waals surface area (Å²) in [6.07, 6.45) is 0. The van der Waals surface area contributed by atoms with Gasteiger partial charge in [0.2, 0.25) is 5.95 Å². The number of benzene rings is 1. The Morgan fingerprint density at radius 3 is 2.57 bits per heavy atom. The molecule has 118 valence electrons. The molecule has 0 radical (unpaired) electrons. The zero-order valence-electron chi connectivity index (χ0n) is 12.7. The van der Waals surface area contributed by atoms with Gasteiger partial charge in [0.05, 0.1) is 16.8 Å². The van der Waals surface area contributed by atoms with Crippen LogP contribution in [-0.4, -0.2) is 41.0 Å². The molecular formula is C17H17FN4S. The number of para-hydroxylation sites is 1. The lowest BCUT2D eigenvalue weighted by Gasteiger charge is -2.34. The molecule has 1 aliphatic heterocycles. The first-order chi connectivity index (χ1) is 11.3. The van der Waals surface area contributed by atoms with Crippen LogP contribution in [0.1, 0.15) is 5.01 Å². The number of fused-ring (bicyclic) bond motifs is 1. The Hall–Kier alpha value is -2.05. The number of hydrogen-bond acceptors (Lipinski definition) is 5. The molecule has 0 bridgehead atoms. The Balaban J connectivity index is 1.39. The minimum absolute atomic E-state index is 0.417. The van der Waals surface area contributed by atoms with E-state index < -0.39 is 5.95 Å². The number of halogens is 1. The molecule has 1 aliphatic rings. The fraction of sp³-hybridized carbons (Fsp3) is 0.294. The Bertz CT molecular complexity index is 778. The molecular weight excluding hydrogens is 311 g/mol. The van der Waals surface area contributed by atoms with Crippen LogP contribution >= 0.6 is 11.3 Å². The highest BCUT2D eigenvalue weighted by molar-refractivity contribution is 7.18. The van der Waals surface area contributed by atoms with Crippen molar-refractivity contribution in [1.82, 2.24) is 14.9 Å². The van der Waals surface area contributed by atoms with Gasteiger partial charge in [-0.05, 0) is 24.3 Å². The van der Waals surface area contributed by atoms with E-state index in [2.05, 4.69) is 33.0 Å². The summed E-state index contributed by atoms with van der Waals surface area (Å²) in [7, 11) is 0. The number of piperazine rings is 1. The first kappa shape index (κ1) is 14.5. The maximum Gasteiger partial charge on any atom is 0.214 e. The van der Waals surface area contributed by atoms with Crippen LogP contribution in [0.3, 0.4) is 0 Å². The van der Waals surface area contributed by atoms with Crippen LogP contribution < -0.4 is 4.90 Å². The van der Waals surface area contributed by atoms with Crippen molar-refractivity contribution < 1.29 is 4.39 Å². The van der Waals surface area contributed by atoms with Crippen molar-refractivity contribution in [2.24, 2.45) is 0 Å². The first-order valence-corrected chi connectivity index (χ1v) is 8.54. The van der Waals surface area contributed by atoms with Crippen molar-refractivity contribution in [2.45, 2.75) is 6.54 Å². The topological polar surface area (TPSA) is 32.3 Å². The molecule has 6 heteroatoms. The van der Waals surface area contributed by atoms with E-state index in [4.69, 9.17) is 4.98 Å². The summed E-state index contributed by atoms with van der Waals surface area (Å²) in [6, 6.07) is 13.2. The lowest BCUT2D eigenvalue weighted by Crippen LogP contribution is -2.46. The zero-order valence-corrected chi connectivity index (χ0v) is 13.5. The van der Waals surface area contributed by atoms with E-state index in [1.54, 1.807) is 17.4 Å². The Kier molecular flexibility index (Phi) is 3.93. The average molecular weight is 328 g/mol. The molecule has 0 unspecified atom stereocenters. The highest BCUT2D eigenvalue weighted by Gasteiger charge is 2.19. The third-order valence-electron chi connectivity index (χ3n) is 4.09. The predicted molar refractivity (Wildman–Crippen MR) is 91.3 cm³/mol. The lowest BCUT2D eigenvalue weighted by atomic mass is 10.3. The highest BCUT2D eigenvalue weighted by atomic mass is 32.1. The second kappa shape index (κ2) is 6.22. The summed E-state index contributed by atoms with van der Waals surface area (Å²) in [4.78, 5) is 13.2. The summed E-state index contributed by atoms with van der Waals surface area (Å²) in [5.41, 5.74) is 1.08. The van der Waals surface area contributed by atoms with Crippen LogP contribution in [-0.2, 0) is 6.54 Å². The molecule has 3 aromatic rings. The second-order valence-corrected chi connectivity index (χ2v) is 6.77. The molecule has 0 amide bonds. The van der Waals surface area contributed by atoms with Crippen LogP contribution in [0, 0.1) is 5.95 Å². The number of aromatic nitrogens is 2. The van der Waals surface area contributed by atoms with E-state index in [-0.39, 0.29) is 0 Å². The van der Waals surface area contributed by atoms with Crippen molar-refractivity contribution in [2.75, 3.05) is 31.1 Å².